The average Bonchev–Trinajstić information content (AvgIpc) is 2.67. The molecule has 0 atom stereocenters. The van der Waals surface area contributed by atoms with Crippen molar-refractivity contribution in [3.05, 3.63) is 71.8 Å². The van der Waals surface area contributed by atoms with E-state index in [4.69, 9.17) is 9.47 Å². The molecule has 136 valence electrons. The Morgan fingerprint density at radius 2 is 1.81 bits per heavy atom. The van der Waals surface area contributed by atoms with Crippen LogP contribution in [0.4, 0.5) is 0 Å². The first kappa shape index (κ1) is 18.5. The lowest BCUT2D eigenvalue weighted by molar-refractivity contribution is 0.224. The van der Waals surface area contributed by atoms with Crippen LogP contribution in [0.2, 0.25) is 0 Å². The average molecular weight is 357 g/mol. The van der Waals surface area contributed by atoms with Gasteiger partial charge in [0.1, 0.15) is 0 Å². The molecule has 0 aliphatic rings. The SMILES string of the molecule is CCOc1cc(/C=C(/C#N)c2cccc3ccccc23)ccc1OC(C)C. The Kier molecular flexibility index (Phi) is 5.78. The number of rotatable bonds is 6. The number of hydrogen-bond donors (Lipinski definition) is 0. The minimum atomic E-state index is 0.0657. The van der Waals surface area contributed by atoms with Gasteiger partial charge in [0.25, 0.3) is 0 Å². The summed E-state index contributed by atoms with van der Waals surface area (Å²) >= 11 is 0. The molecule has 0 spiro atoms. The van der Waals surface area contributed by atoms with Crippen molar-refractivity contribution in [2.75, 3.05) is 6.61 Å². The van der Waals surface area contributed by atoms with E-state index in [9.17, 15) is 5.26 Å². The number of nitrogens with zero attached hydrogens (tertiary/aromatic N) is 1. The molecule has 3 aromatic carbocycles. The molecule has 0 heterocycles. The van der Waals surface area contributed by atoms with E-state index in [1.54, 1.807) is 0 Å². The minimum absolute atomic E-state index is 0.0657. The molecule has 0 radical (unpaired) electrons. The summed E-state index contributed by atoms with van der Waals surface area (Å²) in [5, 5.41) is 12.0. The Morgan fingerprint density at radius 3 is 2.56 bits per heavy atom. The van der Waals surface area contributed by atoms with Gasteiger partial charge in [0.05, 0.1) is 24.4 Å². The Labute approximate surface area is 160 Å². The van der Waals surface area contributed by atoms with Crippen molar-refractivity contribution in [2.45, 2.75) is 26.9 Å². The zero-order valence-electron chi connectivity index (χ0n) is 15.9. The molecule has 0 unspecified atom stereocenters. The molecule has 0 saturated heterocycles. The van der Waals surface area contributed by atoms with Crippen molar-refractivity contribution >= 4 is 22.4 Å². The van der Waals surface area contributed by atoms with Crippen LogP contribution in [0.5, 0.6) is 11.5 Å². The summed E-state index contributed by atoms with van der Waals surface area (Å²) in [6.07, 6.45) is 1.96. The van der Waals surface area contributed by atoms with Crippen molar-refractivity contribution in [3.63, 3.8) is 0 Å². The molecular weight excluding hydrogens is 334 g/mol. The molecule has 0 bridgehead atoms. The first-order valence-corrected chi connectivity index (χ1v) is 9.15. The van der Waals surface area contributed by atoms with Crippen LogP contribution in [0.3, 0.4) is 0 Å². The number of allylic oxidation sites excluding steroid dienone is 1. The maximum atomic E-state index is 9.77. The lowest BCUT2D eigenvalue weighted by Gasteiger charge is -2.15. The Morgan fingerprint density at radius 1 is 1.04 bits per heavy atom. The lowest BCUT2D eigenvalue weighted by Crippen LogP contribution is -2.07. The maximum absolute atomic E-state index is 9.77. The Bertz CT molecular complexity index is 1010. The molecule has 0 aliphatic heterocycles. The predicted molar refractivity (Wildman–Crippen MR) is 111 cm³/mol. The summed E-state index contributed by atoms with van der Waals surface area (Å²) in [6, 6.07) is 22.2. The summed E-state index contributed by atoms with van der Waals surface area (Å²) in [4.78, 5) is 0. The summed E-state index contributed by atoms with van der Waals surface area (Å²) in [5.41, 5.74) is 2.45. The topological polar surface area (TPSA) is 42.2 Å². The Balaban J connectivity index is 2.05. The molecule has 0 N–H and O–H groups in total. The highest BCUT2D eigenvalue weighted by Gasteiger charge is 2.10. The smallest absolute Gasteiger partial charge is 0.161 e. The van der Waals surface area contributed by atoms with Crippen LogP contribution in [0.25, 0.3) is 22.4 Å². The molecule has 0 aromatic heterocycles. The van der Waals surface area contributed by atoms with Gasteiger partial charge in [0, 0.05) is 5.56 Å². The number of fused-ring (bicyclic) bond motifs is 1. The molecule has 27 heavy (non-hydrogen) atoms. The second kappa shape index (κ2) is 8.42. The third kappa shape index (κ3) is 4.30. The molecule has 0 amide bonds. The third-order valence-electron chi connectivity index (χ3n) is 4.14. The van der Waals surface area contributed by atoms with Crippen molar-refractivity contribution in [1.29, 1.82) is 5.26 Å². The number of hydrogen-bond acceptors (Lipinski definition) is 3. The van der Waals surface area contributed by atoms with E-state index in [2.05, 4.69) is 18.2 Å². The highest BCUT2D eigenvalue weighted by Crippen LogP contribution is 2.32. The van der Waals surface area contributed by atoms with Crippen LogP contribution in [0.15, 0.2) is 60.7 Å². The minimum Gasteiger partial charge on any atom is -0.490 e. The van der Waals surface area contributed by atoms with Gasteiger partial charge in [0.15, 0.2) is 11.5 Å². The molecule has 3 nitrogen and oxygen atoms in total. The summed E-state index contributed by atoms with van der Waals surface area (Å²) in [6.45, 7) is 6.46. The monoisotopic (exact) mass is 357 g/mol. The molecule has 0 saturated carbocycles. The standard InChI is InChI=1S/C24H23NO2/c1-4-26-24-15-18(12-13-23(24)27-17(2)3)14-20(16-25)22-11-7-9-19-8-5-6-10-21(19)22/h5-15,17H,4H2,1-3H3/b20-14-. The number of nitriles is 1. The van der Waals surface area contributed by atoms with Gasteiger partial charge in [-0.05, 0) is 55.3 Å². The largest absolute Gasteiger partial charge is 0.490 e. The normalized spacial score (nSPS) is 11.4. The van der Waals surface area contributed by atoms with Crippen LogP contribution >= 0.6 is 0 Å². The number of benzene rings is 3. The quantitative estimate of drug-likeness (QED) is 0.396. The molecule has 3 heteroatoms. The van der Waals surface area contributed by atoms with Gasteiger partial charge in [-0.3, -0.25) is 0 Å². The van der Waals surface area contributed by atoms with Gasteiger partial charge >= 0.3 is 0 Å². The number of ether oxygens (including phenoxy) is 2. The van der Waals surface area contributed by atoms with E-state index in [1.165, 1.54) is 0 Å². The highest BCUT2D eigenvalue weighted by atomic mass is 16.5. The summed E-state index contributed by atoms with van der Waals surface area (Å²) in [5.74, 6) is 1.41. The second-order valence-electron chi connectivity index (χ2n) is 6.50. The molecule has 3 aromatic rings. The predicted octanol–water partition coefficient (Wildman–Crippen LogP) is 6.09. The fraction of sp³-hybridized carbons (Fsp3) is 0.208. The van der Waals surface area contributed by atoms with Crippen LogP contribution in [-0.2, 0) is 0 Å². The highest BCUT2D eigenvalue weighted by molar-refractivity contribution is 6.01. The fourth-order valence-electron chi connectivity index (χ4n) is 3.03. The first-order valence-electron chi connectivity index (χ1n) is 9.15. The van der Waals surface area contributed by atoms with E-state index >= 15 is 0 Å². The van der Waals surface area contributed by atoms with E-state index in [-0.39, 0.29) is 6.10 Å². The van der Waals surface area contributed by atoms with Gasteiger partial charge in [-0.25, -0.2) is 0 Å². The van der Waals surface area contributed by atoms with Crippen molar-refractivity contribution in [1.82, 2.24) is 0 Å². The van der Waals surface area contributed by atoms with Crippen molar-refractivity contribution < 1.29 is 9.47 Å². The van der Waals surface area contributed by atoms with Gasteiger partial charge in [-0.15, -0.1) is 0 Å². The summed E-state index contributed by atoms with van der Waals surface area (Å²) < 4.78 is 11.5. The zero-order valence-corrected chi connectivity index (χ0v) is 15.9. The third-order valence-corrected chi connectivity index (χ3v) is 4.14. The van der Waals surface area contributed by atoms with Gasteiger partial charge < -0.3 is 9.47 Å². The first-order chi connectivity index (χ1) is 13.1. The Hall–Kier alpha value is -3.25. The van der Waals surface area contributed by atoms with Crippen molar-refractivity contribution in [3.8, 4) is 17.6 Å². The molecule has 3 rings (SSSR count). The van der Waals surface area contributed by atoms with Crippen LogP contribution in [0, 0.1) is 11.3 Å². The van der Waals surface area contributed by atoms with E-state index in [0.29, 0.717) is 23.7 Å². The van der Waals surface area contributed by atoms with E-state index in [0.717, 1.165) is 21.9 Å². The fourth-order valence-corrected chi connectivity index (χ4v) is 3.03. The van der Waals surface area contributed by atoms with Crippen LogP contribution < -0.4 is 9.47 Å². The maximum Gasteiger partial charge on any atom is 0.161 e. The van der Waals surface area contributed by atoms with E-state index in [1.807, 2.05) is 75.4 Å². The summed E-state index contributed by atoms with van der Waals surface area (Å²) in [7, 11) is 0. The van der Waals surface area contributed by atoms with Crippen LogP contribution in [-0.4, -0.2) is 12.7 Å². The van der Waals surface area contributed by atoms with Gasteiger partial charge in [-0.1, -0.05) is 48.5 Å². The lowest BCUT2D eigenvalue weighted by atomic mass is 9.97. The van der Waals surface area contributed by atoms with Gasteiger partial charge in [0.2, 0.25) is 0 Å². The second-order valence-corrected chi connectivity index (χ2v) is 6.50. The van der Waals surface area contributed by atoms with Crippen LogP contribution in [0.1, 0.15) is 31.9 Å². The molecule has 0 fully saturated rings. The van der Waals surface area contributed by atoms with Gasteiger partial charge in [-0.2, -0.15) is 5.26 Å². The molecule has 0 aliphatic carbocycles. The zero-order chi connectivity index (χ0) is 19.2. The van der Waals surface area contributed by atoms with E-state index < -0.39 is 0 Å². The molecular formula is C24H23NO2. The van der Waals surface area contributed by atoms with Crippen molar-refractivity contribution in [2.24, 2.45) is 0 Å².